The smallest absolute Gasteiger partial charge is 0.242 e. The summed E-state index contributed by atoms with van der Waals surface area (Å²) in [4.78, 5) is 51.0. The summed E-state index contributed by atoms with van der Waals surface area (Å²) >= 11 is 0. The number of aromatic amines is 1. The number of nitrogens with zero attached hydrogens (tertiary/aromatic N) is 4. The number of amides is 2. The zero-order valence-corrected chi connectivity index (χ0v) is 26.7. The lowest BCUT2D eigenvalue weighted by Gasteiger charge is -2.27. The number of likely N-dealkylation sites (tertiary alicyclic amines) is 1. The highest BCUT2D eigenvalue weighted by Crippen LogP contribution is 2.59. The minimum Gasteiger partial charge on any atom is -0.354 e. The van der Waals surface area contributed by atoms with Crippen LogP contribution in [0.3, 0.4) is 0 Å². The number of carbonyl (C=O) groups is 3. The molecule has 1 saturated carbocycles. The highest BCUT2D eigenvalue weighted by atomic mass is 16.2. The molecular formula is C36H42N6O3. The lowest BCUT2D eigenvalue weighted by Crippen LogP contribution is -2.48. The molecule has 0 unspecified atom stereocenters. The van der Waals surface area contributed by atoms with E-state index in [0.717, 1.165) is 55.2 Å². The molecule has 2 N–H and O–H groups in total. The summed E-state index contributed by atoms with van der Waals surface area (Å²) in [5.74, 6) is 0.302. The second kappa shape index (κ2) is 12.5. The molecule has 1 aliphatic heterocycles. The Hall–Kier alpha value is -4.40. The molecule has 6 rings (SSSR count). The third kappa shape index (κ3) is 6.26. The number of Topliss-reactive ketones (excluding diaryl/α,β-unsaturated/α-hetero) is 1. The van der Waals surface area contributed by atoms with Crippen molar-refractivity contribution in [2.75, 3.05) is 6.54 Å². The average molecular weight is 607 g/mol. The van der Waals surface area contributed by atoms with Gasteiger partial charge in [-0.15, -0.1) is 0 Å². The van der Waals surface area contributed by atoms with E-state index >= 15 is 0 Å². The molecule has 9 heteroatoms. The minimum absolute atomic E-state index is 0.0362. The Morgan fingerprint density at radius 3 is 2.49 bits per heavy atom. The van der Waals surface area contributed by atoms with Crippen LogP contribution < -0.4 is 5.32 Å². The van der Waals surface area contributed by atoms with Gasteiger partial charge in [-0.2, -0.15) is 5.10 Å². The fourth-order valence-corrected chi connectivity index (χ4v) is 7.04. The number of carbonyl (C=O) groups excluding carboxylic acids is 3. The van der Waals surface area contributed by atoms with Gasteiger partial charge in [-0.1, -0.05) is 50.1 Å². The van der Waals surface area contributed by atoms with E-state index in [2.05, 4.69) is 56.7 Å². The number of H-pyrrole nitrogens is 1. The number of benzene rings is 2. The first kappa shape index (κ1) is 30.6. The average Bonchev–Trinajstić information content (AvgIpc) is 3.34. The molecule has 2 aliphatic rings. The largest absolute Gasteiger partial charge is 0.354 e. The third-order valence-corrected chi connectivity index (χ3v) is 9.66. The summed E-state index contributed by atoms with van der Waals surface area (Å²) in [6.07, 6.45) is 10.4. The molecular weight excluding hydrogens is 564 g/mol. The number of hydrogen-bond acceptors (Lipinski definition) is 6. The Bertz CT molecular complexity index is 1730. The Balaban J connectivity index is 1.17. The predicted octanol–water partition coefficient (Wildman–Crippen LogP) is 5.68. The van der Waals surface area contributed by atoms with Crippen LogP contribution >= 0.6 is 0 Å². The second-order valence-corrected chi connectivity index (χ2v) is 13.1. The molecule has 1 aliphatic carbocycles. The molecule has 0 spiro atoms. The van der Waals surface area contributed by atoms with Crippen LogP contribution in [-0.2, 0) is 22.4 Å². The van der Waals surface area contributed by atoms with Gasteiger partial charge in [0.2, 0.25) is 11.8 Å². The number of aryl methyl sites for hydroxylation is 3. The highest BCUT2D eigenvalue weighted by Gasteiger charge is 2.64. The van der Waals surface area contributed by atoms with Crippen LogP contribution in [0.25, 0.3) is 22.0 Å². The number of rotatable bonds is 12. The van der Waals surface area contributed by atoms with Gasteiger partial charge in [-0.25, -0.2) is 9.97 Å². The Morgan fingerprint density at radius 1 is 1.02 bits per heavy atom. The van der Waals surface area contributed by atoms with E-state index in [1.807, 2.05) is 30.9 Å². The normalized spacial score (nSPS) is 20.3. The third-order valence-electron chi connectivity index (χ3n) is 9.66. The molecule has 45 heavy (non-hydrogen) atoms. The Labute approximate surface area is 264 Å². The van der Waals surface area contributed by atoms with Gasteiger partial charge in [0.15, 0.2) is 5.78 Å². The van der Waals surface area contributed by atoms with Gasteiger partial charge < -0.3 is 10.2 Å². The fourth-order valence-electron chi connectivity index (χ4n) is 7.04. The molecule has 2 amide bonds. The van der Waals surface area contributed by atoms with Gasteiger partial charge in [0, 0.05) is 42.9 Å². The van der Waals surface area contributed by atoms with Crippen molar-refractivity contribution in [2.45, 2.75) is 91.1 Å². The van der Waals surface area contributed by atoms with Gasteiger partial charge >= 0.3 is 0 Å². The fraction of sp³-hybridized carbons (Fsp3) is 0.444. The van der Waals surface area contributed by atoms with Crippen molar-refractivity contribution < 1.29 is 14.4 Å². The van der Waals surface area contributed by atoms with Crippen molar-refractivity contribution in [1.82, 2.24) is 30.4 Å². The minimum atomic E-state index is -0.497. The molecule has 2 aromatic heterocycles. The molecule has 234 valence electrons. The number of nitrogens with one attached hydrogen (secondary N) is 2. The summed E-state index contributed by atoms with van der Waals surface area (Å²) in [5, 5.41) is 11.1. The van der Waals surface area contributed by atoms with Crippen molar-refractivity contribution in [1.29, 1.82) is 0 Å². The van der Waals surface area contributed by atoms with Crippen molar-refractivity contribution >= 4 is 28.5 Å². The molecule has 9 nitrogen and oxygen atoms in total. The number of hydrogen-bond donors (Lipinski definition) is 2. The summed E-state index contributed by atoms with van der Waals surface area (Å²) in [5.41, 5.74) is 5.51. The van der Waals surface area contributed by atoms with Crippen molar-refractivity contribution in [3.8, 4) is 11.1 Å². The van der Waals surface area contributed by atoms with Crippen LogP contribution in [0.5, 0.6) is 0 Å². The van der Waals surface area contributed by atoms with E-state index in [-0.39, 0.29) is 35.5 Å². The molecule has 0 bridgehead atoms. The van der Waals surface area contributed by atoms with E-state index in [1.54, 1.807) is 12.4 Å². The summed E-state index contributed by atoms with van der Waals surface area (Å²) < 4.78 is 0. The maximum Gasteiger partial charge on any atom is 0.242 e. The lowest BCUT2D eigenvalue weighted by molar-refractivity contribution is -0.139. The van der Waals surface area contributed by atoms with Crippen molar-refractivity contribution in [2.24, 2.45) is 5.41 Å². The molecule has 0 radical (unpaired) electrons. The quantitative estimate of drug-likeness (QED) is 0.158. The first-order valence-corrected chi connectivity index (χ1v) is 16.1. The molecule has 3 heterocycles. The Kier molecular flexibility index (Phi) is 8.53. The number of unbranched alkanes of at least 4 members (excludes halogenated alkanes) is 3. The maximum atomic E-state index is 14.2. The van der Waals surface area contributed by atoms with Crippen LogP contribution in [-0.4, -0.2) is 61.3 Å². The number of piperidine rings is 1. The van der Waals surface area contributed by atoms with Gasteiger partial charge in [0.1, 0.15) is 17.6 Å². The zero-order valence-electron chi connectivity index (χ0n) is 26.7. The van der Waals surface area contributed by atoms with Crippen LogP contribution in [0.15, 0.2) is 48.8 Å². The summed E-state index contributed by atoms with van der Waals surface area (Å²) in [6, 6.07) is 12.0. The molecule has 2 aromatic carbocycles. The predicted molar refractivity (Wildman–Crippen MR) is 174 cm³/mol. The van der Waals surface area contributed by atoms with E-state index in [1.165, 1.54) is 12.5 Å². The number of aromatic nitrogens is 4. The van der Waals surface area contributed by atoms with Crippen molar-refractivity contribution in [3.05, 3.63) is 77.0 Å². The van der Waals surface area contributed by atoms with Crippen LogP contribution in [0, 0.1) is 19.3 Å². The summed E-state index contributed by atoms with van der Waals surface area (Å²) in [7, 11) is 0. The van der Waals surface area contributed by atoms with E-state index in [9.17, 15) is 14.4 Å². The van der Waals surface area contributed by atoms with Crippen LogP contribution in [0.4, 0.5) is 0 Å². The highest BCUT2D eigenvalue weighted by molar-refractivity contribution is 6.09. The first-order valence-electron chi connectivity index (χ1n) is 16.1. The Morgan fingerprint density at radius 2 is 1.76 bits per heavy atom. The first-order chi connectivity index (χ1) is 21.7. The maximum absolute atomic E-state index is 14.2. The zero-order chi connectivity index (χ0) is 31.7. The molecule has 4 aromatic rings. The van der Waals surface area contributed by atoms with Gasteiger partial charge in [-0.05, 0) is 79.7 Å². The van der Waals surface area contributed by atoms with E-state index < -0.39 is 6.04 Å². The number of fused-ring (bicyclic) bond motifs is 2. The molecule has 2 fully saturated rings. The monoisotopic (exact) mass is 606 g/mol. The van der Waals surface area contributed by atoms with Crippen molar-refractivity contribution in [3.63, 3.8) is 0 Å². The SMILES string of the molecule is CC(=O)c1[nH]nc2c(C)cc(-c3cnc(C)nc3)c(CC(=O)N3[C@H](C(=O)NCCCCCCc4ccccc4)C[C@@]4(C)C[C@@H]34)c12. The number of ketones is 1. The second-order valence-electron chi connectivity index (χ2n) is 13.1. The lowest BCUT2D eigenvalue weighted by atomic mass is 9.91. The molecule has 1 saturated heterocycles. The van der Waals surface area contributed by atoms with E-state index in [4.69, 9.17) is 0 Å². The van der Waals surface area contributed by atoms with Gasteiger partial charge in [0.05, 0.1) is 11.9 Å². The van der Waals surface area contributed by atoms with Crippen LogP contribution in [0.1, 0.15) is 85.4 Å². The standard InChI is InChI=1S/C36H42N6O3/c1-22-16-27(26-20-38-24(3)39-21-26)28(32-33(22)40-41-34(32)23(2)43)17-31(44)42-29(18-36(4)19-30(36)42)35(45)37-15-11-6-5-8-12-25-13-9-7-10-14-25/h7,9-10,13-14,16,20-21,29-30H,5-6,8,11-12,15,17-19H2,1-4H3,(H,37,45)(H,40,41)/t29-,30+,36-/m0/s1. The van der Waals surface area contributed by atoms with E-state index in [0.29, 0.717) is 41.0 Å². The topological polar surface area (TPSA) is 121 Å². The van der Waals surface area contributed by atoms with Gasteiger partial charge in [0.25, 0.3) is 0 Å². The molecule has 3 atom stereocenters. The van der Waals surface area contributed by atoms with Gasteiger partial charge in [-0.3, -0.25) is 19.5 Å². The van der Waals surface area contributed by atoms with Crippen LogP contribution in [0.2, 0.25) is 0 Å². The summed E-state index contributed by atoms with van der Waals surface area (Å²) in [6.45, 7) is 8.04.